The summed E-state index contributed by atoms with van der Waals surface area (Å²) in [7, 11) is 1.65. The van der Waals surface area contributed by atoms with Crippen LogP contribution in [-0.2, 0) is 6.54 Å². The first-order valence-electron chi connectivity index (χ1n) is 5.91. The number of aromatic nitrogens is 1. The molecular formula is C15H17NO2. The summed E-state index contributed by atoms with van der Waals surface area (Å²) in [5, 5.41) is 0. The van der Waals surface area contributed by atoms with E-state index in [1.165, 1.54) is 0 Å². The number of nitrogens with zero attached hydrogens (tertiary/aromatic N) is 1. The summed E-state index contributed by atoms with van der Waals surface area (Å²) in [6, 6.07) is 9.70. The minimum absolute atomic E-state index is 0.0426. The second-order valence-corrected chi connectivity index (χ2v) is 4.44. The van der Waals surface area contributed by atoms with Crippen molar-refractivity contribution in [2.24, 2.45) is 0 Å². The maximum atomic E-state index is 12.0. The number of rotatable bonds is 3. The lowest BCUT2D eigenvalue weighted by molar-refractivity contribution is 0.408. The molecule has 18 heavy (non-hydrogen) atoms. The van der Waals surface area contributed by atoms with Crippen LogP contribution in [0.1, 0.15) is 16.7 Å². The quantitative estimate of drug-likeness (QED) is 0.829. The first kappa shape index (κ1) is 12.4. The predicted molar refractivity (Wildman–Crippen MR) is 72.3 cm³/mol. The van der Waals surface area contributed by atoms with Gasteiger partial charge in [-0.05, 0) is 26.0 Å². The molecule has 0 atom stereocenters. The summed E-state index contributed by atoms with van der Waals surface area (Å²) in [5.41, 5.74) is 2.97. The first-order valence-corrected chi connectivity index (χ1v) is 5.91. The van der Waals surface area contributed by atoms with E-state index in [1.807, 2.05) is 44.2 Å². The van der Waals surface area contributed by atoms with Crippen molar-refractivity contribution in [3.05, 3.63) is 63.6 Å². The third-order valence-electron chi connectivity index (χ3n) is 2.99. The summed E-state index contributed by atoms with van der Waals surface area (Å²) in [6.45, 7) is 4.39. The second kappa shape index (κ2) is 5.08. The standard InChI is InChI=1S/C15H17NO2/c1-11-6-7-14(18-3)13(9-11)10-16-8-4-5-12(2)15(16)17/h4-9H,10H2,1-3H3. The van der Waals surface area contributed by atoms with Gasteiger partial charge in [-0.15, -0.1) is 0 Å². The van der Waals surface area contributed by atoms with Crippen LogP contribution in [0.4, 0.5) is 0 Å². The molecule has 2 rings (SSSR count). The van der Waals surface area contributed by atoms with Crippen molar-refractivity contribution < 1.29 is 4.74 Å². The lowest BCUT2D eigenvalue weighted by atomic mass is 10.1. The predicted octanol–water partition coefficient (Wildman–Crippen LogP) is 2.52. The van der Waals surface area contributed by atoms with Gasteiger partial charge in [0.2, 0.25) is 0 Å². The Kier molecular flexibility index (Phi) is 3.51. The van der Waals surface area contributed by atoms with E-state index in [-0.39, 0.29) is 5.56 Å². The highest BCUT2D eigenvalue weighted by molar-refractivity contribution is 5.37. The van der Waals surface area contributed by atoms with Crippen LogP contribution in [0.15, 0.2) is 41.3 Å². The summed E-state index contributed by atoms with van der Waals surface area (Å²) in [4.78, 5) is 12.0. The van der Waals surface area contributed by atoms with Crippen molar-refractivity contribution in [2.75, 3.05) is 7.11 Å². The molecule has 94 valence electrons. The van der Waals surface area contributed by atoms with E-state index in [0.29, 0.717) is 6.54 Å². The highest BCUT2D eigenvalue weighted by atomic mass is 16.5. The molecule has 0 unspecified atom stereocenters. The van der Waals surface area contributed by atoms with E-state index >= 15 is 0 Å². The molecule has 0 fully saturated rings. The third kappa shape index (κ3) is 2.45. The van der Waals surface area contributed by atoms with E-state index in [1.54, 1.807) is 17.9 Å². The summed E-state index contributed by atoms with van der Waals surface area (Å²) < 4.78 is 7.03. The van der Waals surface area contributed by atoms with E-state index in [0.717, 1.165) is 22.4 Å². The van der Waals surface area contributed by atoms with Crippen molar-refractivity contribution in [2.45, 2.75) is 20.4 Å². The Balaban J connectivity index is 2.42. The van der Waals surface area contributed by atoms with Gasteiger partial charge in [-0.25, -0.2) is 0 Å². The fraction of sp³-hybridized carbons (Fsp3) is 0.267. The maximum Gasteiger partial charge on any atom is 0.253 e. The Labute approximate surface area is 107 Å². The van der Waals surface area contributed by atoms with E-state index in [4.69, 9.17) is 4.74 Å². The van der Waals surface area contributed by atoms with Crippen molar-refractivity contribution in [1.29, 1.82) is 0 Å². The second-order valence-electron chi connectivity index (χ2n) is 4.44. The molecule has 0 saturated heterocycles. The van der Waals surface area contributed by atoms with E-state index in [2.05, 4.69) is 0 Å². The molecule has 2 aromatic rings. The van der Waals surface area contributed by atoms with Crippen molar-refractivity contribution in [3.8, 4) is 5.75 Å². The van der Waals surface area contributed by atoms with Crippen LogP contribution in [-0.4, -0.2) is 11.7 Å². The summed E-state index contributed by atoms with van der Waals surface area (Å²) >= 11 is 0. The normalized spacial score (nSPS) is 10.4. The molecule has 0 aliphatic rings. The largest absolute Gasteiger partial charge is 0.496 e. The lowest BCUT2D eigenvalue weighted by Crippen LogP contribution is -2.21. The zero-order chi connectivity index (χ0) is 13.1. The van der Waals surface area contributed by atoms with Crippen LogP contribution in [0.2, 0.25) is 0 Å². The Hall–Kier alpha value is -2.03. The van der Waals surface area contributed by atoms with Crippen LogP contribution < -0.4 is 10.3 Å². The van der Waals surface area contributed by atoms with Gasteiger partial charge in [-0.2, -0.15) is 0 Å². The minimum atomic E-state index is 0.0426. The van der Waals surface area contributed by atoms with Crippen LogP contribution in [0.25, 0.3) is 0 Å². The molecule has 0 bridgehead atoms. The molecule has 0 radical (unpaired) electrons. The molecule has 1 heterocycles. The van der Waals surface area contributed by atoms with Crippen molar-refractivity contribution >= 4 is 0 Å². The van der Waals surface area contributed by atoms with Gasteiger partial charge in [0.05, 0.1) is 13.7 Å². The zero-order valence-electron chi connectivity index (χ0n) is 10.9. The third-order valence-corrected chi connectivity index (χ3v) is 2.99. The molecule has 3 nitrogen and oxygen atoms in total. The molecule has 0 aliphatic heterocycles. The van der Waals surface area contributed by atoms with Gasteiger partial charge in [0.15, 0.2) is 0 Å². The van der Waals surface area contributed by atoms with E-state index < -0.39 is 0 Å². The lowest BCUT2D eigenvalue weighted by Gasteiger charge is -2.11. The summed E-state index contributed by atoms with van der Waals surface area (Å²) in [5.74, 6) is 0.814. The van der Waals surface area contributed by atoms with Crippen molar-refractivity contribution in [1.82, 2.24) is 4.57 Å². The molecule has 0 aliphatic carbocycles. The van der Waals surface area contributed by atoms with Crippen LogP contribution in [0, 0.1) is 13.8 Å². The molecule has 0 saturated carbocycles. The number of hydrogen-bond donors (Lipinski definition) is 0. The highest BCUT2D eigenvalue weighted by Gasteiger charge is 2.06. The monoisotopic (exact) mass is 243 g/mol. The van der Waals surface area contributed by atoms with Gasteiger partial charge >= 0.3 is 0 Å². The molecule has 1 aromatic heterocycles. The number of benzene rings is 1. The highest BCUT2D eigenvalue weighted by Crippen LogP contribution is 2.20. The fourth-order valence-electron chi connectivity index (χ4n) is 2.00. The molecular weight excluding hydrogens is 226 g/mol. The van der Waals surface area contributed by atoms with Gasteiger partial charge in [-0.1, -0.05) is 23.8 Å². The van der Waals surface area contributed by atoms with Gasteiger partial charge in [0.25, 0.3) is 5.56 Å². The molecule has 0 spiro atoms. The number of pyridine rings is 1. The van der Waals surface area contributed by atoms with Crippen LogP contribution in [0.3, 0.4) is 0 Å². The maximum absolute atomic E-state index is 12.0. The fourth-order valence-corrected chi connectivity index (χ4v) is 2.00. The Morgan fingerprint density at radius 2 is 2.00 bits per heavy atom. The molecule has 3 heteroatoms. The van der Waals surface area contributed by atoms with Crippen molar-refractivity contribution in [3.63, 3.8) is 0 Å². The van der Waals surface area contributed by atoms with Gasteiger partial charge in [-0.3, -0.25) is 4.79 Å². The Morgan fingerprint density at radius 1 is 1.22 bits per heavy atom. The number of aryl methyl sites for hydroxylation is 2. The van der Waals surface area contributed by atoms with Gasteiger partial charge in [0.1, 0.15) is 5.75 Å². The Morgan fingerprint density at radius 3 is 2.72 bits per heavy atom. The average Bonchev–Trinajstić information content (AvgIpc) is 2.35. The topological polar surface area (TPSA) is 31.2 Å². The first-order chi connectivity index (χ1) is 8.61. The van der Waals surface area contributed by atoms with Crippen LogP contribution >= 0.6 is 0 Å². The number of hydrogen-bond acceptors (Lipinski definition) is 2. The van der Waals surface area contributed by atoms with Crippen LogP contribution in [0.5, 0.6) is 5.75 Å². The summed E-state index contributed by atoms with van der Waals surface area (Å²) in [6.07, 6.45) is 1.80. The molecule has 0 amide bonds. The van der Waals surface area contributed by atoms with Gasteiger partial charge in [0, 0.05) is 17.3 Å². The SMILES string of the molecule is COc1ccc(C)cc1Cn1cccc(C)c1=O. The van der Waals surface area contributed by atoms with E-state index in [9.17, 15) is 4.79 Å². The number of methoxy groups -OCH3 is 1. The Bertz CT molecular complexity index is 614. The van der Waals surface area contributed by atoms with Gasteiger partial charge < -0.3 is 9.30 Å². The molecule has 1 aromatic carbocycles. The average molecular weight is 243 g/mol. The minimum Gasteiger partial charge on any atom is -0.496 e. The zero-order valence-corrected chi connectivity index (χ0v) is 10.9. The number of ether oxygens (including phenoxy) is 1. The molecule has 0 N–H and O–H groups in total. The smallest absolute Gasteiger partial charge is 0.253 e.